The van der Waals surface area contributed by atoms with Crippen molar-refractivity contribution < 1.29 is 0 Å². The first-order valence-corrected chi connectivity index (χ1v) is 3.69. The van der Waals surface area contributed by atoms with Crippen LogP contribution < -0.4 is 0 Å². The third-order valence-corrected chi connectivity index (χ3v) is 1.81. The second-order valence-corrected chi connectivity index (χ2v) is 2.61. The Bertz CT molecular complexity index is 112. The molecule has 0 amide bonds. The van der Waals surface area contributed by atoms with Gasteiger partial charge in [0.05, 0.1) is 0 Å². The highest BCUT2D eigenvalue weighted by molar-refractivity contribution is 4.96. The van der Waals surface area contributed by atoms with E-state index in [-0.39, 0.29) is 0 Å². The lowest BCUT2D eigenvalue weighted by molar-refractivity contribution is 0.580. The molecular formula is C9H14. The van der Waals surface area contributed by atoms with E-state index in [0.29, 0.717) is 0 Å². The lowest BCUT2D eigenvalue weighted by atomic mass is 10.0. The van der Waals surface area contributed by atoms with Crippen LogP contribution in [0.1, 0.15) is 26.2 Å². The molecule has 1 aliphatic rings. The SMILES string of the molecule is C/C=C\CC1CC=CC1. The molecule has 0 nitrogen and oxygen atoms in total. The van der Waals surface area contributed by atoms with Crippen molar-refractivity contribution in [1.82, 2.24) is 0 Å². The van der Waals surface area contributed by atoms with Gasteiger partial charge in [-0.25, -0.2) is 0 Å². The minimum atomic E-state index is 0.918. The average Bonchev–Trinajstić information content (AvgIpc) is 2.34. The van der Waals surface area contributed by atoms with E-state index < -0.39 is 0 Å². The smallest absolute Gasteiger partial charge is 0.0310 e. The van der Waals surface area contributed by atoms with Gasteiger partial charge < -0.3 is 0 Å². The van der Waals surface area contributed by atoms with Crippen LogP contribution in [0.2, 0.25) is 0 Å². The van der Waals surface area contributed by atoms with Crippen molar-refractivity contribution in [2.75, 3.05) is 0 Å². The molecule has 0 aromatic heterocycles. The van der Waals surface area contributed by atoms with Gasteiger partial charge in [0.15, 0.2) is 0 Å². The molecule has 0 N–H and O–H groups in total. The van der Waals surface area contributed by atoms with Crippen LogP contribution >= 0.6 is 0 Å². The van der Waals surface area contributed by atoms with Gasteiger partial charge in [0.1, 0.15) is 0 Å². The minimum absolute atomic E-state index is 0.918. The summed E-state index contributed by atoms with van der Waals surface area (Å²) in [4.78, 5) is 0. The quantitative estimate of drug-likeness (QED) is 0.494. The Hall–Kier alpha value is -0.520. The Balaban J connectivity index is 2.14. The molecule has 1 aliphatic carbocycles. The van der Waals surface area contributed by atoms with Crippen molar-refractivity contribution in [1.29, 1.82) is 0 Å². The fourth-order valence-corrected chi connectivity index (χ4v) is 1.19. The summed E-state index contributed by atoms with van der Waals surface area (Å²) in [5.41, 5.74) is 0. The normalized spacial score (nSPS) is 20.1. The Labute approximate surface area is 57.3 Å². The van der Waals surface area contributed by atoms with Crippen molar-refractivity contribution in [2.24, 2.45) is 5.92 Å². The predicted octanol–water partition coefficient (Wildman–Crippen LogP) is 2.92. The number of hydrogen-bond donors (Lipinski definition) is 0. The number of rotatable bonds is 2. The summed E-state index contributed by atoms with van der Waals surface area (Å²) >= 11 is 0. The van der Waals surface area contributed by atoms with Crippen LogP contribution in [0.15, 0.2) is 24.3 Å². The number of allylic oxidation sites excluding steroid dienone is 4. The molecule has 0 fully saturated rings. The molecular weight excluding hydrogens is 108 g/mol. The molecule has 0 saturated carbocycles. The van der Waals surface area contributed by atoms with Gasteiger partial charge in [-0.15, -0.1) is 0 Å². The van der Waals surface area contributed by atoms with Crippen LogP contribution in [0.5, 0.6) is 0 Å². The lowest BCUT2D eigenvalue weighted by Gasteiger charge is -2.02. The van der Waals surface area contributed by atoms with Gasteiger partial charge in [-0.2, -0.15) is 0 Å². The van der Waals surface area contributed by atoms with E-state index in [9.17, 15) is 0 Å². The van der Waals surface area contributed by atoms with E-state index in [0.717, 1.165) is 5.92 Å². The molecule has 0 saturated heterocycles. The van der Waals surface area contributed by atoms with Gasteiger partial charge in [0, 0.05) is 0 Å². The molecule has 1 rings (SSSR count). The van der Waals surface area contributed by atoms with Crippen molar-refractivity contribution in [3.05, 3.63) is 24.3 Å². The molecule has 0 atom stereocenters. The second kappa shape index (κ2) is 3.49. The molecule has 0 aliphatic heterocycles. The third kappa shape index (κ3) is 2.05. The molecule has 0 unspecified atom stereocenters. The van der Waals surface area contributed by atoms with Crippen molar-refractivity contribution >= 4 is 0 Å². The highest BCUT2D eigenvalue weighted by Gasteiger charge is 2.06. The first-order chi connectivity index (χ1) is 4.43. The molecule has 0 aromatic carbocycles. The zero-order valence-electron chi connectivity index (χ0n) is 6.01. The highest BCUT2D eigenvalue weighted by atomic mass is 14.1. The fourth-order valence-electron chi connectivity index (χ4n) is 1.19. The van der Waals surface area contributed by atoms with Crippen LogP contribution in [0.4, 0.5) is 0 Å². The fraction of sp³-hybridized carbons (Fsp3) is 0.556. The molecule has 0 bridgehead atoms. The van der Waals surface area contributed by atoms with Gasteiger partial charge >= 0.3 is 0 Å². The van der Waals surface area contributed by atoms with Crippen LogP contribution in [-0.4, -0.2) is 0 Å². The molecule has 9 heavy (non-hydrogen) atoms. The van der Waals surface area contributed by atoms with E-state index in [1.807, 2.05) is 0 Å². The first-order valence-electron chi connectivity index (χ1n) is 3.69. The Morgan fingerprint density at radius 2 is 2.11 bits per heavy atom. The summed E-state index contributed by atoms with van der Waals surface area (Å²) in [6.45, 7) is 2.09. The highest BCUT2D eigenvalue weighted by Crippen LogP contribution is 2.21. The van der Waals surface area contributed by atoms with E-state index in [2.05, 4.69) is 31.2 Å². The maximum atomic E-state index is 2.29. The van der Waals surface area contributed by atoms with Gasteiger partial charge in [-0.05, 0) is 32.1 Å². The van der Waals surface area contributed by atoms with Gasteiger partial charge in [-0.1, -0.05) is 24.3 Å². The monoisotopic (exact) mass is 122 g/mol. The summed E-state index contributed by atoms with van der Waals surface area (Å²) in [5.74, 6) is 0.918. The summed E-state index contributed by atoms with van der Waals surface area (Å²) < 4.78 is 0. The Morgan fingerprint density at radius 3 is 2.67 bits per heavy atom. The first kappa shape index (κ1) is 6.60. The Morgan fingerprint density at radius 1 is 1.44 bits per heavy atom. The standard InChI is InChI=1S/C9H14/c1-2-3-6-9-7-4-5-8-9/h2-5,9H,6-8H2,1H3/b3-2-. The molecule has 0 radical (unpaired) electrons. The zero-order chi connectivity index (χ0) is 6.53. The molecule has 0 aromatic rings. The minimum Gasteiger partial charge on any atom is -0.0917 e. The Kier molecular flexibility index (Phi) is 2.56. The summed E-state index contributed by atoms with van der Waals surface area (Å²) in [6.07, 6.45) is 12.8. The maximum absolute atomic E-state index is 2.29. The van der Waals surface area contributed by atoms with Gasteiger partial charge in [0.25, 0.3) is 0 Å². The molecule has 50 valence electrons. The molecule has 0 heterocycles. The lowest BCUT2D eigenvalue weighted by Crippen LogP contribution is -1.89. The number of hydrogen-bond acceptors (Lipinski definition) is 0. The molecule has 0 spiro atoms. The van der Waals surface area contributed by atoms with Crippen molar-refractivity contribution in [3.8, 4) is 0 Å². The van der Waals surface area contributed by atoms with E-state index >= 15 is 0 Å². The summed E-state index contributed by atoms with van der Waals surface area (Å²) in [6, 6.07) is 0. The molecule has 0 heteroatoms. The van der Waals surface area contributed by atoms with Gasteiger partial charge in [-0.3, -0.25) is 0 Å². The third-order valence-electron chi connectivity index (χ3n) is 1.81. The largest absolute Gasteiger partial charge is 0.0917 e. The topological polar surface area (TPSA) is 0 Å². The predicted molar refractivity (Wildman–Crippen MR) is 41.3 cm³/mol. The van der Waals surface area contributed by atoms with Crippen LogP contribution in [0.3, 0.4) is 0 Å². The van der Waals surface area contributed by atoms with Crippen LogP contribution in [-0.2, 0) is 0 Å². The van der Waals surface area contributed by atoms with E-state index in [4.69, 9.17) is 0 Å². The summed E-state index contributed by atoms with van der Waals surface area (Å²) in [5, 5.41) is 0. The van der Waals surface area contributed by atoms with Gasteiger partial charge in [0.2, 0.25) is 0 Å². The van der Waals surface area contributed by atoms with E-state index in [1.54, 1.807) is 0 Å². The van der Waals surface area contributed by atoms with E-state index in [1.165, 1.54) is 19.3 Å². The van der Waals surface area contributed by atoms with Crippen molar-refractivity contribution in [3.63, 3.8) is 0 Å². The second-order valence-electron chi connectivity index (χ2n) is 2.61. The summed E-state index contributed by atoms with van der Waals surface area (Å²) in [7, 11) is 0. The van der Waals surface area contributed by atoms with Crippen LogP contribution in [0, 0.1) is 5.92 Å². The van der Waals surface area contributed by atoms with Crippen molar-refractivity contribution in [2.45, 2.75) is 26.2 Å². The average molecular weight is 122 g/mol. The maximum Gasteiger partial charge on any atom is -0.0310 e. The van der Waals surface area contributed by atoms with Crippen LogP contribution in [0.25, 0.3) is 0 Å². The zero-order valence-corrected chi connectivity index (χ0v) is 6.01.